The van der Waals surface area contributed by atoms with Gasteiger partial charge in [-0.15, -0.1) is 11.3 Å². The minimum absolute atomic E-state index is 0.0606. The quantitative estimate of drug-likeness (QED) is 0.659. The lowest BCUT2D eigenvalue weighted by molar-refractivity contribution is 0.470. The molecule has 162 valence electrons. The van der Waals surface area contributed by atoms with Gasteiger partial charge in [0.25, 0.3) is 0 Å². The zero-order valence-corrected chi connectivity index (χ0v) is 19.7. The Morgan fingerprint density at radius 1 is 1.32 bits per heavy atom. The van der Waals surface area contributed by atoms with E-state index in [2.05, 4.69) is 10.7 Å². The van der Waals surface area contributed by atoms with E-state index in [4.69, 9.17) is 22.1 Å². The Balaban J connectivity index is 1.74. The maximum Gasteiger partial charge on any atom is 0.239 e. The Kier molecular flexibility index (Phi) is 5.52. The van der Waals surface area contributed by atoms with Crippen molar-refractivity contribution in [3.8, 4) is 0 Å². The van der Waals surface area contributed by atoms with Crippen LogP contribution < -0.4 is 5.73 Å². The third-order valence-corrected chi connectivity index (χ3v) is 8.98. The lowest BCUT2D eigenvalue weighted by Gasteiger charge is -2.33. The van der Waals surface area contributed by atoms with Crippen LogP contribution in [0.4, 0.5) is 0 Å². The van der Waals surface area contributed by atoms with Gasteiger partial charge in [0.1, 0.15) is 11.3 Å². The van der Waals surface area contributed by atoms with Gasteiger partial charge in [0.2, 0.25) is 16.0 Å². The zero-order valence-electron chi connectivity index (χ0n) is 17.3. The highest BCUT2D eigenvalue weighted by Gasteiger charge is 2.42. The minimum atomic E-state index is -3.60. The van der Waals surface area contributed by atoms with Gasteiger partial charge < -0.3 is 10.5 Å². The molecule has 6 nitrogen and oxygen atoms in total. The van der Waals surface area contributed by atoms with Crippen LogP contribution in [0.5, 0.6) is 0 Å². The van der Waals surface area contributed by atoms with Crippen LogP contribution in [0.1, 0.15) is 35.6 Å². The molecule has 2 N–H and O–H groups in total. The normalized spacial score (nSPS) is 23.2. The molecule has 1 aromatic carbocycles. The topological polar surface area (TPSA) is 85.0 Å². The van der Waals surface area contributed by atoms with Gasteiger partial charge in [-0.3, -0.25) is 0 Å². The van der Waals surface area contributed by atoms with Crippen molar-refractivity contribution in [2.45, 2.75) is 25.8 Å². The highest BCUT2D eigenvalue weighted by molar-refractivity contribution is 7.89. The molecule has 2 aliphatic heterocycles. The molecule has 0 bridgehead atoms. The SMILES string of the molecule is CC1=C(c2ccccc2)OC(c2cc(Cl)c(C3(C)CS(=O)(=O)N(C)C(N)=N3)s2)=C=CC1. The number of hydrogen-bond donors (Lipinski definition) is 1. The van der Waals surface area contributed by atoms with E-state index in [0.717, 1.165) is 26.1 Å². The predicted molar refractivity (Wildman–Crippen MR) is 126 cm³/mol. The van der Waals surface area contributed by atoms with Crippen molar-refractivity contribution in [1.29, 1.82) is 0 Å². The summed E-state index contributed by atoms with van der Waals surface area (Å²) in [5.41, 5.74) is 10.1. The van der Waals surface area contributed by atoms with Gasteiger partial charge in [-0.1, -0.05) is 47.7 Å². The second kappa shape index (κ2) is 7.88. The molecule has 4 rings (SSSR count). The van der Waals surface area contributed by atoms with E-state index in [0.29, 0.717) is 22.1 Å². The van der Waals surface area contributed by atoms with E-state index in [1.165, 1.54) is 18.4 Å². The van der Waals surface area contributed by atoms with Crippen LogP contribution in [0.25, 0.3) is 11.5 Å². The van der Waals surface area contributed by atoms with Gasteiger partial charge >= 0.3 is 0 Å². The van der Waals surface area contributed by atoms with E-state index in [9.17, 15) is 8.42 Å². The van der Waals surface area contributed by atoms with E-state index < -0.39 is 15.6 Å². The number of rotatable bonds is 3. The Bertz CT molecular complexity index is 1270. The number of nitrogens with two attached hydrogens (primary N) is 1. The first-order valence-electron chi connectivity index (χ1n) is 9.61. The molecular weight excluding hydrogens is 454 g/mol. The summed E-state index contributed by atoms with van der Waals surface area (Å²) in [6.45, 7) is 3.75. The molecule has 0 spiro atoms. The van der Waals surface area contributed by atoms with Crippen molar-refractivity contribution >= 4 is 50.4 Å². The van der Waals surface area contributed by atoms with Crippen molar-refractivity contribution < 1.29 is 13.2 Å². The number of aliphatic imine (C=N–C) groups is 1. The molecule has 0 fully saturated rings. The van der Waals surface area contributed by atoms with Crippen LogP contribution in [0.3, 0.4) is 0 Å². The fourth-order valence-electron chi connectivity index (χ4n) is 3.54. The van der Waals surface area contributed by atoms with E-state index in [1.807, 2.05) is 43.3 Å². The molecular formula is C22H22ClN3O3S2. The van der Waals surface area contributed by atoms with Gasteiger partial charge in [-0.25, -0.2) is 17.7 Å². The molecule has 3 heterocycles. The number of benzene rings is 1. The van der Waals surface area contributed by atoms with Gasteiger partial charge in [0.15, 0.2) is 5.76 Å². The number of allylic oxidation sites excluding steroid dienone is 2. The number of thiophene rings is 1. The number of sulfonamides is 1. The average molecular weight is 476 g/mol. The highest BCUT2D eigenvalue weighted by atomic mass is 35.5. The van der Waals surface area contributed by atoms with Crippen molar-refractivity contribution in [2.24, 2.45) is 10.7 Å². The van der Waals surface area contributed by atoms with Crippen LogP contribution in [-0.4, -0.2) is 31.5 Å². The molecule has 1 atom stereocenters. The van der Waals surface area contributed by atoms with Crippen molar-refractivity contribution in [3.05, 3.63) is 74.1 Å². The van der Waals surface area contributed by atoms with Crippen LogP contribution in [0, 0.1) is 0 Å². The molecule has 1 unspecified atom stereocenters. The smallest absolute Gasteiger partial charge is 0.239 e. The molecule has 0 aliphatic carbocycles. The number of hydrogen-bond acceptors (Lipinski definition) is 6. The number of guanidine groups is 1. The summed E-state index contributed by atoms with van der Waals surface area (Å²) in [4.78, 5) is 5.81. The molecule has 2 aromatic rings. The summed E-state index contributed by atoms with van der Waals surface area (Å²) in [6, 6.07) is 11.6. The van der Waals surface area contributed by atoms with Crippen LogP contribution in [0.15, 0.2) is 58.8 Å². The number of nitrogens with zero attached hydrogens (tertiary/aromatic N) is 2. The van der Waals surface area contributed by atoms with Crippen LogP contribution >= 0.6 is 22.9 Å². The summed E-state index contributed by atoms with van der Waals surface area (Å²) in [5, 5.41) is 0.419. The molecule has 0 radical (unpaired) electrons. The Hall–Kier alpha value is -2.51. The van der Waals surface area contributed by atoms with Gasteiger partial charge in [-0.2, -0.15) is 0 Å². The lowest BCUT2D eigenvalue weighted by atomic mass is 10.0. The van der Waals surface area contributed by atoms with Crippen molar-refractivity contribution in [2.75, 3.05) is 12.8 Å². The maximum atomic E-state index is 12.6. The first-order chi connectivity index (χ1) is 14.6. The number of halogens is 1. The third-order valence-electron chi connectivity index (χ3n) is 5.23. The summed E-state index contributed by atoms with van der Waals surface area (Å²) >= 11 is 7.90. The van der Waals surface area contributed by atoms with Gasteiger partial charge in [0, 0.05) is 12.6 Å². The fourth-order valence-corrected chi connectivity index (χ4v) is 6.65. The molecule has 0 saturated carbocycles. The third kappa shape index (κ3) is 4.04. The Morgan fingerprint density at radius 2 is 2.03 bits per heavy atom. The number of ether oxygens (including phenoxy) is 1. The van der Waals surface area contributed by atoms with Gasteiger partial charge in [0.05, 0.1) is 20.5 Å². The summed E-state index contributed by atoms with van der Waals surface area (Å²) in [7, 11) is -2.21. The molecule has 1 aromatic heterocycles. The van der Waals surface area contributed by atoms with E-state index in [-0.39, 0.29) is 11.7 Å². The Labute approximate surface area is 191 Å². The van der Waals surface area contributed by atoms with Crippen molar-refractivity contribution in [3.63, 3.8) is 0 Å². The largest absolute Gasteiger partial charge is 0.447 e. The molecule has 0 saturated heterocycles. The first kappa shape index (κ1) is 21.7. The summed E-state index contributed by atoms with van der Waals surface area (Å²) in [6.07, 6.45) is 2.63. The summed E-state index contributed by atoms with van der Waals surface area (Å²) in [5.74, 6) is 1.03. The van der Waals surface area contributed by atoms with E-state index >= 15 is 0 Å². The summed E-state index contributed by atoms with van der Waals surface area (Å²) < 4.78 is 32.4. The van der Waals surface area contributed by atoms with Crippen molar-refractivity contribution in [1.82, 2.24) is 4.31 Å². The zero-order chi connectivity index (χ0) is 22.4. The maximum absolute atomic E-state index is 12.6. The molecule has 2 aliphatic rings. The monoisotopic (exact) mass is 475 g/mol. The second-order valence-electron chi connectivity index (χ2n) is 7.71. The minimum Gasteiger partial charge on any atom is -0.447 e. The van der Waals surface area contributed by atoms with E-state index in [1.54, 1.807) is 13.0 Å². The second-order valence-corrected chi connectivity index (χ2v) is 11.2. The van der Waals surface area contributed by atoms with Crippen LogP contribution in [0.2, 0.25) is 5.02 Å². The van der Waals surface area contributed by atoms with Gasteiger partial charge in [-0.05, 0) is 38.0 Å². The van der Waals surface area contributed by atoms with Crippen LogP contribution in [-0.2, 0) is 20.3 Å². The average Bonchev–Trinajstić information content (AvgIpc) is 3.00. The molecule has 9 heteroatoms. The standard InChI is InChI=1S/C22H22ClN3O3S2/c1-14-8-7-11-17(29-19(14)15-9-5-4-6-10-15)18-12-16(23)20(30-18)22(2)13-31(27,28)26(3)21(24)25-22/h4-7,9-10,12H,8,13H2,1-3H3,(H2,24,25). The molecule has 0 amide bonds. The molecule has 31 heavy (non-hydrogen) atoms. The fraction of sp³-hybridized carbons (Fsp3) is 0.273. The predicted octanol–water partition coefficient (Wildman–Crippen LogP) is 4.55. The highest BCUT2D eigenvalue weighted by Crippen LogP contribution is 2.44. The lowest BCUT2D eigenvalue weighted by Crippen LogP contribution is -2.50. The first-order valence-corrected chi connectivity index (χ1v) is 12.4. The Morgan fingerprint density at radius 3 is 2.71 bits per heavy atom.